The standard InChI is InChI=1S/C14H19N3/c1-4-13-14(10-17(3)16-13)15-9-12-7-5-6-11(2)8-12/h5-8,10,15H,4,9H2,1-3H3. The second kappa shape index (κ2) is 5.04. The lowest BCUT2D eigenvalue weighted by Crippen LogP contribution is -2.00. The van der Waals surface area contributed by atoms with Crippen LogP contribution in [0.4, 0.5) is 5.69 Å². The van der Waals surface area contributed by atoms with Crippen LogP contribution in [0.2, 0.25) is 0 Å². The van der Waals surface area contributed by atoms with Crippen molar-refractivity contribution in [3.63, 3.8) is 0 Å². The SMILES string of the molecule is CCc1nn(C)cc1NCc1cccc(C)c1. The van der Waals surface area contributed by atoms with E-state index in [1.807, 2.05) is 17.9 Å². The molecule has 90 valence electrons. The van der Waals surface area contributed by atoms with Crippen molar-refractivity contribution in [1.82, 2.24) is 9.78 Å². The van der Waals surface area contributed by atoms with E-state index in [1.54, 1.807) is 0 Å². The van der Waals surface area contributed by atoms with Crippen LogP contribution in [0.5, 0.6) is 0 Å². The molecule has 0 amide bonds. The summed E-state index contributed by atoms with van der Waals surface area (Å²) >= 11 is 0. The highest BCUT2D eigenvalue weighted by molar-refractivity contribution is 5.46. The van der Waals surface area contributed by atoms with E-state index in [2.05, 4.69) is 48.5 Å². The van der Waals surface area contributed by atoms with Gasteiger partial charge in [0.2, 0.25) is 0 Å². The molecule has 0 spiro atoms. The van der Waals surface area contributed by atoms with Crippen LogP contribution in [0, 0.1) is 6.92 Å². The third-order valence-electron chi connectivity index (χ3n) is 2.81. The van der Waals surface area contributed by atoms with Crippen LogP contribution in [-0.4, -0.2) is 9.78 Å². The Labute approximate surface area is 102 Å². The van der Waals surface area contributed by atoms with Crippen LogP contribution in [-0.2, 0) is 20.0 Å². The molecule has 1 aromatic carbocycles. The summed E-state index contributed by atoms with van der Waals surface area (Å²) in [5.41, 5.74) is 4.86. The number of aryl methyl sites for hydroxylation is 3. The summed E-state index contributed by atoms with van der Waals surface area (Å²) in [6.45, 7) is 5.09. The van der Waals surface area contributed by atoms with Crippen LogP contribution < -0.4 is 5.32 Å². The molecule has 0 unspecified atom stereocenters. The summed E-state index contributed by atoms with van der Waals surface area (Å²) in [5.74, 6) is 0. The lowest BCUT2D eigenvalue weighted by Gasteiger charge is -2.06. The fourth-order valence-corrected chi connectivity index (χ4v) is 1.96. The number of rotatable bonds is 4. The molecular formula is C14H19N3. The number of aromatic nitrogens is 2. The highest BCUT2D eigenvalue weighted by atomic mass is 15.3. The van der Waals surface area contributed by atoms with Gasteiger partial charge >= 0.3 is 0 Å². The second-order valence-electron chi connectivity index (χ2n) is 4.36. The van der Waals surface area contributed by atoms with Gasteiger partial charge in [0, 0.05) is 19.8 Å². The molecule has 0 aliphatic rings. The van der Waals surface area contributed by atoms with E-state index >= 15 is 0 Å². The van der Waals surface area contributed by atoms with Crippen molar-refractivity contribution in [3.05, 3.63) is 47.3 Å². The van der Waals surface area contributed by atoms with Gasteiger partial charge in [-0.1, -0.05) is 36.8 Å². The van der Waals surface area contributed by atoms with Crippen molar-refractivity contribution < 1.29 is 0 Å². The molecular weight excluding hydrogens is 210 g/mol. The first-order valence-electron chi connectivity index (χ1n) is 6.01. The largest absolute Gasteiger partial charge is 0.378 e. The monoisotopic (exact) mass is 229 g/mol. The Morgan fingerprint density at radius 3 is 2.88 bits per heavy atom. The molecule has 1 aromatic heterocycles. The molecule has 0 bridgehead atoms. The van der Waals surface area contributed by atoms with Crippen LogP contribution in [0.25, 0.3) is 0 Å². The summed E-state index contributed by atoms with van der Waals surface area (Å²) in [5, 5.41) is 7.86. The van der Waals surface area contributed by atoms with Gasteiger partial charge in [0.25, 0.3) is 0 Å². The minimum atomic E-state index is 0.848. The fraction of sp³-hybridized carbons (Fsp3) is 0.357. The summed E-state index contributed by atoms with van der Waals surface area (Å²) in [7, 11) is 1.96. The van der Waals surface area contributed by atoms with Gasteiger partial charge in [-0.2, -0.15) is 5.10 Å². The number of hydrogen-bond acceptors (Lipinski definition) is 2. The molecule has 2 rings (SSSR count). The Hall–Kier alpha value is -1.77. The number of hydrogen-bond donors (Lipinski definition) is 1. The second-order valence-corrected chi connectivity index (χ2v) is 4.36. The van der Waals surface area contributed by atoms with E-state index in [4.69, 9.17) is 0 Å². The van der Waals surface area contributed by atoms with E-state index in [9.17, 15) is 0 Å². The molecule has 0 saturated heterocycles. The Morgan fingerprint density at radius 2 is 2.18 bits per heavy atom. The third kappa shape index (κ3) is 2.87. The number of nitrogens with zero attached hydrogens (tertiary/aromatic N) is 2. The average molecular weight is 229 g/mol. The van der Waals surface area contributed by atoms with Crippen molar-refractivity contribution in [2.75, 3.05) is 5.32 Å². The van der Waals surface area contributed by atoms with Gasteiger partial charge in [-0.15, -0.1) is 0 Å². The molecule has 0 aliphatic heterocycles. The molecule has 2 aromatic rings. The van der Waals surface area contributed by atoms with Crippen molar-refractivity contribution >= 4 is 5.69 Å². The first-order chi connectivity index (χ1) is 8.19. The van der Waals surface area contributed by atoms with Crippen molar-refractivity contribution in [2.24, 2.45) is 7.05 Å². The van der Waals surface area contributed by atoms with E-state index in [-0.39, 0.29) is 0 Å². The van der Waals surface area contributed by atoms with Crippen LogP contribution >= 0.6 is 0 Å². The lowest BCUT2D eigenvalue weighted by atomic mass is 10.1. The Balaban J connectivity index is 2.06. The molecule has 0 saturated carbocycles. The normalized spacial score (nSPS) is 10.5. The maximum absolute atomic E-state index is 4.41. The van der Waals surface area contributed by atoms with Crippen molar-refractivity contribution in [2.45, 2.75) is 26.8 Å². The van der Waals surface area contributed by atoms with Gasteiger partial charge in [0.05, 0.1) is 11.4 Å². The molecule has 3 nitrogen and oxygen atoms in total. The van der Waals surface area contributed by atoms with Gasteiger partial charge in [0.15, 0.2) is 0 Å². The summed E-state index contributed by atoms with van der Waals surface area (Å²) in [6.07, 6.45) is 2.99. The molecule has 0 atom stereocenters. The van der Waals surface area contributed by atoms with Gasteiger partial charge in [-0.25, -0.2) is 0 Å². The van der Waals surface area contributed by atoms with Gasteiger partial charge in [-0.05, 0) is 18.9 Å². The number of benzene rings is 1. The number of nitrogens with one attached hydrogen (secondary N) is 1. The first kappa shape index (κ1) is 11.7. The smallest absolute Gasteiger partial charge is 0.0853 e. The minimum Gasteiger partial charge on any atom is -0.378 e. The van der Waals surface area contributed by atoms with E-state index < -0.39 is 0 Å². The molecule has 0 fully saturated rings. The summed E-state index contributed by atoms with van der Waals surface area (Å²) in [6, 6.07) is 8.55. The van der Waals surface area contributed by atoms with Crippen LogP contribution in [0.1, 0.15) is 23.7 Å². The van der Waals surface area contributed by atoms with Gasteiger partial charge < -0.3 is 5.32 Å². The predicted octanol–water partition coefficient (Wildman–Crippen LogP) is 2.90. The van der Waals surface area contributed by atoms with E-state index in [1.165, 1.54) is 11.1 Å². The van der Waals surface area contributed by atoms with Gasteiger partial charge in [0.1, 0.15) is 0 Å². The minimum absolute atomic E-state index is 0.848. The van der Waals surface area contributed by atoms with Gasteiger partial charge in [-0.3, -0.25) is 4.68 Å². The summed E-state index contributed by atoms with van der Waals surface area (Å²) < 4.78 is 1.86. The van der Waals surface area contributed by atoms with E-state index in [0.29, 0.717) is 0 Å². The zero-order valence-corrected chi connectivity index (χ0v) is 10.7. The predicted molar refractivity (Wildman–Crippen MR) is 71.1 cm³/mol. The fourth-order valence-electron chi connectivity index (χ4n) is 1.96. The molecule has 3 heteroatoms. The topological polar surface area (TPSA) is 29.9 Å². The van der Waals surface area contributed by atoms with Crippen LogP contribution in [0.15, 0.2) is 30.5 Å². The first-order valence-corrected chi connectivity index (χ1v) is 6.01. The Kier molecular flexibility index (Phi) is 3.47. The maximum atomic E-state index is 4.41. The lowest BCUT2D eigenvalue weighted by molar-refractivity contribution is 0.746. The Bertz CT molecular complexity index is 500. The summed E-state index contributed by atoms with van der Waals surface area (Å²) in [4.78, 5) is 0. The van der Waals surface area contributed by atoms with Crippen molar-refractivity contribution in [3.8, 4) is 0 Å². The molecule has 0 aliphatic carbocycles. The highest BCUT2D eigenvalue weighted by Gasteiger charge is 2.04. The van der Waals surface area contributed by atoms with Crippen molar-refractivity contribution in [1.29, 1.82) is 0 Å². The average Bonchev–Trinajstić information content (AvgIpc) is 2.67. The van der Waals surface area contributed by atoms with E-state index in [0.717, 1.165) is 24.3 Å². The molecule has 1 N–H and O–H groups in total. The zero-order chi connectivity index (χ0) is 12.3. The highest BCUT2D eigenvalue weighted by Crippen LogP contribution is 2.15. The zero-order valence-electron chi connectivity index (χ0n) is 10.7. The molecule has 17 heavy (non-hydrogen) atoms. The Morgan fingerprint density at radius 1 is 1.35 bits per heavy atom. The third-order valence-corrected chi connectivity index (χ3v) is 2.81. The van der Waals surface area contributed by atoms with Crippen LogP contribution in [0.3, 0.4) is 0 Å². The molecule has 0 radical (unpaired) electrons. The molecule has 1 heterocycles. The maximum Gasteiger partial charge on any atom is 0.0853 e. The quantitative estimate of drug-likeness (QED) is 0.873. The number of anilines is 1.